The highest BCUT2D eigenvalue weighted by Crippen LogP contribution is 2.28. The standard InChI is InChI=1S/C14H27N3/c1-3-17-10-8-13(9-11-17)16(2)14(15)12-6-4-5-7-12/h12-13,15H,3-11H2,1-2H3. The fraction of sp³-hybridized carbons (Fsp3) is 0.929. The van der Waals surface area contributed by atoms with Crippen molar-refractivity contribution < 1.29 is 0 Å². The summed E-state index contributed by atoms with van der Waals surface area (Å²) in [5.41, 5.74) is 0. The number of nitrogens with zero attached hydrogens (tertiary/aromatic N) is 2. The lowest BCUT2D eigenvalue weighted by atomic mass is 10.00. The Bertz CT molecular complexity index is 250. The van der Waals surface area contributed by atoms with E-state index >= 15 is 0 Å². The minimum atomic E-state index is 0.559. The van der Waals surface area contributed by atoms with Gasteiger partial charge in [-0.3, -0.25) is 5.41 Å². The van der Waals surface area contributed by atoms with E-state index in [1.165, 1.54) is 58.2 Å². The van der Waals surface area contributed by atoms with E-state index in [4.69, 9.17) is 5.41 Å². The zero-order valence-corrected chi connectivity index (χ0v) is 11.4. The van der Waals surface area contributed by atoms with Gasteiger partial charge < -0.3 is 9.80 Å². The summed E-state index contributed by atoms with van der Waals surface area (Å²) in [6.07, 6.45) is 7.62. The van der Waals surface area contributed by atoms with Crippen molar-refractivity contribution in [2.75, 3.05) is 26.7 Å². The molecule has 2 aliphatic rings. The second-order valence-electron chi connectivity index (χ2n) is 5.64. The van der Waals surface area contributed by atoms with E-state index in [0.717, 1.165) is 5.84 Å². The van der Waals surface area contributed by atoms with Gasteiger partial charge in [0.05, 0.1) is 5.84 Å². The number of hydrogen-bond donors (Lipinski definition) is 1. The lowest BCUT2D eigenvalue weighted by Gasteiger charge is -2.38. The number of hydrogen-bond acceptors (Lipinski definition) is 2. The molecule has 0 aromatic rings. The highest BCUT2D eigenvalue weighted by Gasteiger charge is 2.28. The number of likely N-dealkylation sites (tertiary alicyclic amines) is 1. The summed E-state index contributed by atoms with van der Waals surface area (Å²) in [5.74, 6) is 1.47. The predicted molar refractivity (Wildman–Crippen MR) is 72.6 cm³/mol. The largest absolute Gasteiger partial charge is 0.360 e. The highest BCUT2D eigenvalue weighted by molar-refractivity contribution is 5.82. The van der Waals surface area contributed by atoms with Crippen LogP contribution in [0.1, 0.15) is 45.4 Å². The van der Waals surface area contributed by atoms with Gasteiger partial charge in [0.15, 0.2) is 0 Å². The van der Waals surface area contributed by atoms with Gasteiger partial charge in [-0.05, 0) is 32.2 Å². The Morgan fingerprint density at radius 1 is 1.18 bits per heavy atom. The van der Waals surface area contributed by atoms with Crippen LogP contribution in [0, 0.1) is 11.3 Å². The van der Waals surface area contributed by atoms with Crippen LogP contribution in [-0.2, 0) is 0 Å². The Hall–Kier alpha value is -0.570. The molecule has 0 radical (unpaired) electrons. The summed E-state index contributed by atoms with van der Waals surface area (Å²) >= 11 is 0. The second kappa shape index (κ2) is 5.85. The fourth-order valence-corrected chi connectivity index (χ4v) is 3.31. The molecule has 1 heterocycles. The van der Waals surface area contributed by atoms with Crippen molar-refractivity contribution in [3.63, 3.8) is 0 Å². The van der Waals surface area contributed by atoms with Crippen LogP contribution in [0.3, 0.4) is 0 Å². The fourth-order valence-electron chi connectivity index (χ4n) is 3.31. The van der Waals surface area contributed by atoms with Crippen LogP contribution in [0.15, 0.2) is 0 Å². The second-order valence-corrected chi connectivity index (χ2v) is 5.64. The van der Waals surface area contributed by atoms with E-state index in [9.17, 15) is 0 Å². The summed E-state index contributed by atoms with van der Waals surface area (Å²) < 4.78 is 0. The highest BCUT2D eigenvalue weighted by atomic mass is 15.2. The predicted octanol–water partition coefficient (Wildman–Crippen LogP) is 2.57. The summed E-state index contributed by atoms with van der Waals surface area (Å²) in [6.45, 7) is 5.84. The van der Waals surface area contributed by atoms with Gasteiger partial charge in [-0.25, -0.2) is 0 Å². The number of rotatable bonds is 3. The Morgan fingerprint density at radius 2 is 1.76 bits per heavy atom. The van der Waals surface area contributed by atoms with Crippen molar-refractivity contribution in [1.29, 1.82) is 5.41 Å². The summed E-state index contributed by atoms with van der Waals surface area (Å²) in [7, 11) is 2.15. The molecule has 1 aliphatic carbocycles. The van der Waals surface area contributed by atoms with Crippen LogP contribution < -0.4 is 0 Å². The average molecular weight is 237 g/mol. The molecule has 3 nitrogen and oxygen atoms in total. The van der Waals surface area contributed by atoms with Crippen molar-refractivity contribution in [2.45, 2.75) is 51.5 Å². The van der Waals surface area contributed by atoms with E-state index in [1.54, 1.807) is 0 Å². The minimum absolute atomic E-state index is 0.559. The van der Waals surface area contributed by atoms with Gasteiger partial charge in [-0.15, -0.1) is 0 Å². The third-order valence-corrected chi connectivity index (χ3v) is 4.67. The molecule has 1 saturated heterocycles. The van der Waals surface area contributed by atoms with Crippen LogP contribution in [-0.4, -0.2) is 48.4 Å². The van der Waals surface area contributed by atoms with Crippen molar-refractivity contribution in [3.05, 3.63) is 0 Å². The maximum absolute atomic E-state index is 8.34. The van der Waals surface area contributed by atoms with Gasteiger partial charge in [0.2, 0.25) is 0 Å². The van der Waals surface area contributed by atoms with Crippen molar-refractivity contribution in [1.82, 2.24) is 9.80 Å². The first-order valence-electron chi connectivity index (χ1n) is 7.26. The van der Waals surface area contributed by atoms with Gasteiger partial charge in [-0.2, -0.15) is 0 Å². The molecule has 1 saturated carbocycles. The number of amidine groups is 1. The van der Waals surface area contributed by atoms with E-state index < -0.39 is 0 Å². The van der Waals surface area contributed by atoms with Gasteiger partial charge >= 0.3 is 0 Å². The summed E-state index contributed by atoms with van der Waals surface area (Å²) in [5, 5.41) is 8.34. The van der Waals surface area contributed by atoms with Crippen molar-refractivity contribution in [3.8, 4) is 0 Å². The van der Waals surface area contributed by atoms with E-state index in [2.05, 4.69) is 23.8 Å². The monoisotopic (exact) mass is 237 g/mol. The zero-order valence-electron chi connectivity index (χ0n) is 11.4. The first kappa shape index (κ1) is 12.9. The smallest absolute Gasteiger partial charge is 0.0989 e. The Labute approximate surface area is 106 Å². The van der Waals surface area contributed by atoms with Crippen LogP contribution in [0.25, 0.3) is 0 Å². The lowest BCUT2D eigenvalue weighted by molar-refractivity contribution is 0.168. The third-order valence-electron chi connectivity index (χ3n) is 4.67. The lowest BCUT2D eigenvalue weighted by Crippen LogP contribution is -2.46. The maximum Gasteiger partial charge on any atom is 0.0989 e. The molecule has 1 aliphatic heterocycles. The van der Waals surface area contributed by atoms with E-state index in [-0.39, 0.29) is 0 Å². The summed E-state index contributed by atoms with van der Waals surface area (Å²) in [4.78, 5) is 4.80. The van der Waals surface area contributed by atoms with Gasteiger partial charge in [0, 0.05) is 32.1 Å². The topological polar surface area (TPSA) is 30.3 Å². The van der Waals surface area contributed by atoms with Crippen molar-refractivity contribution >= 4 is 5.84 Å². The van der Waals surface area contributed by atoms with Gasteiger partial charge in [0.1, 0.15) is 0 Å². The zero-order chi connectivity index (χ0) is 12.3. The number of nitrogens with one attached hydrogen (secondary N) is 1. The van der Waals surface area contributed by atoms with Crippen LogP contribution >= 0.6 is 0 Å². The normalized spacial score (nSPS) is 24.1. The first-order valence-corrected chi connectivity index (χ1v) is 7.26. The Morgan fingerprint density at radius 3 is 2.29 bits per heavy atom. The molecule has 0 atom stereocenters. The Kier molecular flexibility index (Phi) is 4.43. The average Bonchev–Trinajstić information content (AvgIpc) is 2.91. The molecule has 98 valence electrons. The van der Waals surface area contributed by atoms with Gasteiger partial charge in [0.25, 0.3) is 0 Å². The molecule has 0 bridgehead atoms. The van der Waals surface area contributed by atoms with Crippen LogP contribution in [0.2, 0.25) is 0 Å². The molecule has 0 amide bonds. The van der Waals surface area contributed by atoms with Crippen LogP contribution in [0.4, 0.5) is 0 Å². The quantitative estimate of drug-likeness (QED) is 0.604. The minimum Gasteiger partial charge on any atom is -0.360 e. The molecule has 3 heteroatoms. The summed E-state index contributed by atoms with van der Waals surface area (Å²) in [6, 6.07) is 0.617. The molecule has 0 aromatic carbocycles. The maximum atomic E-state index is 8.34. The van der Waals surface area contributed by atoms with E-state index in [0.29, 0.717) is 12.0 Å². The van der Waals surface area contributed by atoms with E-state index in [1.807, 2.05) is 0 Å². The van der Waals surface area contributed by atoms with Gasteiger partial charge in [-0.1, -0.05) is 19.8 Å². The molecular formula is C14H27N3. The van der Waals surface area contributed by atoms with Crippen molar-refractivity contribution in [2.24, 2.45) is 5.92 Å². The first-order chi connectivity index (χ1) is 8.22. The molecular weight excluding hydrogens is 210 g/mol. The van der Waals surface area contributed by atoms with Crippen LogP contribution in [0.5, 0.6) is 0 Å². The molecule has 1 N–H and O–H groups in total. The molecule has 0 spiro atoms. The SMILES string of the molecule is CCN1CCC(N(C)C(=N)C2CCCC2)CC1. The number of piperidine rings is 1. The molecule has 2 rings (SSSR count). The third kappa shape index (κ3) is 3.01. The Balaban J connectivity index is 1.83. The molecule has 17 heavy (non-hydrogen) atoms. The molecule has 0 aromatic heterocycles. The molecule has 2 fully saturated rings. The molecule has 0 unspecified atom stereocenters.